The van der Waals surface area contributed by atoms with Crippen LogP contribution in [0.4, 0.5) is 5.69 Å². The summed E-state index contributed by atoms with van der Waals surface area (Å²) in [5, 5.41) is 2.86. The highest BCUT2D eigenvalue weighted by atomic mass is 16.5. The molecule has 0 aliphatic carbocycles. The van der Waals surface area contributed by atoms with Crippen molar-refractivity contribution >= 4 is 17.5 Å². The molecule has 2 aromatic rings. The number of piperidine rings is 1. The normalized spacial score (nSPS) is 16.1. The third kappa shape index (κ3) is 5.32. The van der Waals surface area contributed by atoms with Gasteiger partial charge in [0.25, 0.3) is 11.8 Å². The van der Waals surface area contributed by atoms with Crippen molar-refractivity contribution in [2.45, 2.75) is 46.1 Å². The first-order valence-electron chi connectivity index (χ1n) is 10.6. The topological polar surface area (TPSA) is 67.9 Å². The molecule has 2 amide bonds. The summed E-state index contributed by atoms with van der Waals surface area (Å²) < 4.78 is 11.1. The smallest absolute Gasteiger partial charge is 0.262 e. The Bertz CT molecular complexity index is 897. The van der Waals surface area contributed by atoms with Gasteiger partial charge in [0, 0.05) is 23.8 Å². The molecule has 1 unspecified atom stereocenters. The van der Waals surface area contributed by atoms with Crippen LogP contribution >= 0.6 is 0 Å². The maximum atomic E-state index is 12.8. The molecule has 1 aliphatic rings. The Morgan fingerprint density at radius 2 is 1.83 bits per heavy atom. The van der Waals surface area contributed by atoms with E-state index in [0.717, 1.165) is 24.9 Å². The van der Waals surface area contributed by atoms with Crippen LogP contribution in [0.5, 0.6) is 11.5 Å². The summed E-state index contributed by atoms with van der Waals surface area (Å²) in [6, 6.07) is 12.9. The number of likely N-dealkylation sites (tertiary alicyclic amines) is 1. The molecule has 1 saturated heterocycles. The van der Waals surface area contributed by atoms with Gasteiger partial charge in [-0.1, -0.05) is 12.1 Å². The van der Waals surface area contributed by atoms with E-state index in [-0.39, 0.29) is 24.5 Å². The predicted molar refractivity (Wildman–Crippen MR) is 117 cm³/mol. The highest BCUT2D eigenvalue weighted by Gasteiger charge is 2.24. The fraction of sp³-hybridized carbons (Fsp3) is 0.417. The van der Waals surface area contributed by atoms with E-state index in [0.29, 0.717) is 29.4 Å². The molecule has 6 nitrogen and oxygen atoms in total. The van der Waals surface area contributed by atoms with E-state index < -0.39 is 0 Å². The predicted octanol–water partition coefficient (Wildman–Crippen LogP) is 4.43. The quantitative estimate of drug-likeness (QED) is 0.733. The Morgan fingerprint density at radius 1 is 1.10 bits per heavy atom. The van der Waals surface area contributed by atoms with E-state index >= 15 is 0 Å². The van der Waals surface area contributed by atoms with Crippen molar-refractivity contribution in [3.63, 3.8) is 0 Å². The standard InChI is InChI=1S/C24H30N2O4/c1-4-29-21-10-5-6-11-22(21)30-16-23(27)25-20-13-12-19(15-17(20)2)24(28)26-14-8-7-9-18(26)3/h5-6,10-13,15,18H,4,7-9,14,16H2,1-3H3,(H,25,27). The van der Waals surface area contributed by atoms with Crippen LogP contribution in [0.25, 0.3) is 0 Å². The van der Waals surface area contributed by atoms with E-state index in [1.165, 1.54) is 6.42 Å². The first kappa shape index (κ1) is 21.7. The van der Waals surface area contributed by atoms with Crippen molar-refractivity contribution in [1.82, 2.24) is 4.90 Å². The van der Waals surface area contributed by atoms with Crippen LogP contribution in [0.2, 0.25) is 0 Å². The zero-order valence-corrected chi connectivity index (χ0v) is 17.9. The average Bonchev–Trinajstić information content (AvgIpc) is 2.74. The number of rotatable bonds is 7. The van der Waals surface area contributed by atoms with Gasteiger partial charge in [-0.25, -0.2) is 0 Å². The zero-order valence-electron chi connectivity index (χ0n) is 17.9. The van der Waals surface area contributed by atoms with Crippen LogP contribution in [0.3, 0.4) is 0 Å². The van der Waals surface area contributed by atoms with Crippen molar-refractivity contribution in [3.8, 4) is 11.5 Å². The molecule has 1 aliphatic heterocycles. The third-order valence-corrected chi connectivity index (χ3v) is 5.32. The average molecular weight is 411 g/mol. The highest BCUT2D eigenvalue weighted by molar-refractivity contribution is 5.97. The SMILES string of the molecule is CCOc1ccccc1OCC(=O)Nc1ccc(C(=O)N2CCCCC2C)cc1C. The number of anilines is 1. The van der Waals surface area contributed by atoms with E-state index in [1.54, 1.807) is 24.3 Å². The number of carbonyl (C=O) groups is 2. The number of amides is 2. The molecule has 160 valence electrons. The molecule has 30 heavy (non-hydrogen) atoms. The lowest BCUT2D eigenvalue weighted by atomic mass is 10.0. The summed E-state index contributed by atoms with van der Waals surface area (Å²) in [5.41, 5.74) is 2.17. The molecule has 0 saturated carbocycles. The number of hydrogen-bond acceptors (Lipinski definition) is 4. The summed E-state index contributed by atoms with van der Waals surface area (Å²) in [6.07, 6.45) is 3.27. The Hall–Kier alpha value is -3.02. The van der Waals surface area contributed by atoms with Crippen LogP contribution in [0.15, 0.2) is 42.5 Å². The first-order chi connectivity index (χ1) is 14.5. The molecule has 1 N–H and O–H groups in total. The second-order valence-electron chi connectivity index (χ2n) is 7.59. The number of nitrogens with one attached hydrogen (secondary N) is 1. The lowest BCUT2D eigenvalue weighted by Crippen LogP contribution is -2.42. The van der Waals surface area contributed by atoms with Gasteiger partial charge < -0.3 is 19.7 Å². The number of nitrogens with zero attached hydrogens (tertiary/aromatic N) is 1. The third-order valence-electron chi connectivity index (χ3n) is 5.32. The molecule has 6 heteroatoms. The molecular formula is C24H30N2O4. The number of benzene rings is 2. The summed E-state index contributed by atoms with van der Waals surface area (Å²) in [7, 11) is 0. The van der Waals surface area contributed by atoms with Crippen molar-refractivity contribution < 1.29 is 19.1 Å². The molecule has 3 rings (SSSR count). The van der Waals surface area contributed by atoms with E-state index in [9.17, 15) is 9.59 Å². The van der Waals surface area contributed by atoms with Crippen LogP contribution in [-0.4, -0.2) is 42.5 Å². The van der Waals surface area contributed by atoms with Gasteiger partial charge >= 0.3 is 0 Å². The number of ether oxygens (including phenoxy) is 2. The number of carbonyl (C=O) groups excluding carboxylic acids is 2. The molecule has 1 fully saturated rings. The number of para-hydroxylation sites is 2. The van der Waals surface area contributed by atoms with Crippen molar-refractivity contribution in [2.75, 3.05) is 25.1 Å². The van der Waals surface area contributed by atoms with Crippen LogP contribution < -0.4 is 14.8 Å². The maximum Gasteiger partial charge on any atom is 0.262 e. The molecule has 1 atom stereocenters. The Labute approximate surface area is 178 Å². The second kappa shape index (κ2) is 10.1. The van der Waals surface area contributed by atoms with E-state index in [4.69, 9.17) is 9.47 Å². The lowest BCUT2D eigenvalue weighted by Gasteiger charge is -2.33. The van der Waals surface area contributed by atoms with Crippen LogP contribution in [0.1, 0.15) is 49.0 Å². The molecule has 0 spiro atoms. The fourth-order valence-corrected chi connectivity index (χ4v) is 3.68. The summed E-state index contributed by atoms with van der Waals surface area (Å²) in [4.78, 5) is 27.2. The van der Waals surface area contributed by atoms with Crippen molar-refractivity contribution in [2.24, 2.45) is 0 Å². The molecule has 0 radical (unpaired) electrons. The van der Waals surface area contributed by atoms with Gasteiger partial charge in [-0.2, -0.15) is 0 Å². The fourth-order valence-electron chi connectivity index (χ4n) is 3.68. The molecule has 0 bridgehead atoms. The summed E-state index contributed by atoms with van der Waals surface area (Å²) in [6.45, 7) is 7.08. The van der Waals surface area contributed by atoms with E-state index in [1.807, 2.05) is 36.9 Å². The van der Waals surface area contributed by atoms with Crippen molar-refractivity contribution in [3.05, 3.63) is 53.6 Å². The monoisotopic (exact) mass is 410 g/mol. The summed E-state index contributed by atoms with van der Waals surface area (Å²) >= 11 is 0. The minimum Gasteiger partial charge on any atom is -0.490 e. The lowest BCUT2D eigenvalue weighted by molar-refractivity contribution is -0.118. The zero-order chi connectivity index (χ0) is 21.5. The minimum atomic E-state index is -0.270. The Morgan fingerprint density at radius 3 is 2.50 bits per heavy atom. The highest BCUT2D eigenvalue weighted by Crippen LogP contribution is 2.26. The second-order valence-corrected chi connectivity index (χ2v) is 7.59. The van der Waals surface area contributed by atoms with Crippen LogP contribution in [-0.2, 0) is 4.79 Å². The van der Waals surface area contributed by atoms with E-state index in [2.05, 4.69) is 12.2 Å². The number of aryl methyl sites for hydroxylation is 1. The largest absolute Gasteiger partial charge is 0.490 e. The summed E-state index contributed by atoms with van der Waals surface area (Å²) in [5.74, 6) is 0.925. The maximum absolute atomic E-state index is 12.8. The van der Waals surface area contributed by atoms with Gasteiger partial charge in [-0.05, 0) is 75.9 Å². The molecular weight excluding hydrogens is 380 g/mol. The van der Waals surface area contributed by atoms with Crippen LogP contribution in [0, 0.1) is 6.92 Å². The van der Waals surface area contributed by atoms with Gasteiger partial charge in [-0.15, -0.1) is 0 Å². The minimum absolute atomic E-state index is 0.0547. The van der Waals surface area contributed by atoms with Gasteiger partial charge in [0.15, 0.2) is 18.1 Å². The Kier molecular flexibility index (Phi) is 7.33. The Balaban J connectivity index is 1.60. The van der Waals surface area contributed by atoms with Crippen molar-refractivity contribution in [1.29, 1.82) is 0 Å². The number of hydrogen-bond donors (Lipinski definition) is 1. The van der Waals surface area contributed by atoms with Gasteiger partial charge in [0.1, 0.15) is 0 Å². The van der Waals surface area contributed by atoms with Gasteiger partial charge in [0.05, 0.1) is 6.61 Å². The molecule has 2 aromatic carbocycles. The first-order valence-corrected chi connectivity index (χ1v) is 10.6. The van der Waals surface area contributed by atoms with Gasteiger partial charge in [-0.3, -0.25) is 9.59 Å². The molecule has 1 heterocycles. The van der Waals surface area contributed by atoms with Gasteiger partial charge in [0.2, 0.25) is 0 Å². The molecule has 0 aromatic heterocycles.